The lowest BCUT2D eigenvalue weighted by atomic mass is 10.0. The topological polar surface area (TPSA) is 32.3 Å². The highest BCUT2D eigenvalue weighted by Gasteiger charge is 2.11. The first-order valence-corrected chi connectivity index (χ1v) is 6.73. The molecule has 0 bridgehead atoms. The summed E-state index contributed by atoms with van der Waals surface area (Å²) >= 11 is 0. The Bertz CT molecular complexity index is 549. The second-order valence-corrected chi connectivity index (χ2v) is 4.97. The predicted molar refractivity (Wildman–Crippen MR) is 80.7 cm³/mol. The van der Waals surface area contributed by atoms with Crippen LogP contribution in [0.4, 0.5) is 5.69 Å². The first-order valence-electron chi connectivity index (χ1n) is 6.73. The van der Waals surface area contributed by atoms with Crippen molar-refractivity contribution >= 4 is 5.69 Å². The van der Waals surface area contributed by atoms with E-state index >= 15 is 0 Å². The zero-order chi connectivity index (χ0) is 13.8. The average Bonchev–Trinajstić information content (AvgIpc) is 2.42. The number of benzene rings is 2. The fraction of sp³-hybridized carbons (Fsp3) is 0.294. The van der Waals surface area contributed by atoms with E-state index in [0.29, 0.717) is 11.8 Å². The molecule has 0 heterocycles. The summed E-state index contributed by atoms with van der Waals surface area (Å²) in [6, 6.07) is 14.6. The molecule has 2 heteroatoms. The number of anilines is 1. The lowest BCUT2D eigenvalue weighted by molar-refractivity contribution is 0.470. The van der Waals surface area contributed by atoms with Crippen molar-refractivity contribution in [3.8, 4) is 5.75 Å². The van der Waals surface area contributed by atoms with Gasteiger partial charge in [-0.1, -0.05) is 37.3 Å². The summed E-state index contributed by atoms with van der Waals surface area (Å²) in [5, 5.41) is 13.3. The Labute approximate surface area is 115 Å². The molecule has 0 saturated heterocycles. The van der Waals surface area contributed by atoms with Crippen LogP contribution in [-0.2, 0) is 0 Å². The van der Waals surface area contributed by atoms with Crippen LogP contribution in [0.15, 0.2) is 42.5 Å². The van der Waals surface area contributed by atoms with Crippen molar-refractivity contribution in [3.63, 3.8) is 0 Å². The van der Waals surface area contributed by atoms with Crippen LogP contribution in [0.2, 0.25) is 0 Å². The molecule has 2 N–H and O–H groups in total. The van der Waals surface area contributed by atoms with E-state index in [2.05, 4.69) is 36.5 Å². The number of phenols is 1. The summed E-state index contributed by atoms with van der Waals surface area (Å²) in [5.74, 6) is 0.357. The first-order chi connectivity index (χ1) is 9.11. The third-order valence-electron chi connectivity index (χ3n) is 3.48. The van der Waals surface area contributed by atoms with Crippen molar-refractivity contribution in [2.75, 3.05) is 5.32 Å². The minimum absolute atomic E-state index is 0.295. The van der Waals surface area contributed by atoms with Crippen molar-refractivity contribution in [1.82, 2.24) is 0 Å². The minimum Gasteiger partial charge on any atom is -0.508 e. The fourth-order valence-electron chi connectivity index (χ4n) is 2.25. The number of aryl methyl sites for hydroxylation is 2. The van der Waals surface area contributed by atoms with Crippen LogP contribution in [0.5, 0.6) is 5.75 Å². The van der Waals surface area contributed by atoms with Crippen LogP contribution >= 0.6 is 0 Å². The molecule has 0 amide bonds. The lowest BCUT2D eigenvalue weighted by Gasteiger charge is -2.21. The molecule has 2 aromatic rings. The van der Waals surface area contributed by atoms with Gasteiger partial charge in [0.15, 0.2) is 0 Å². The highest BCUT2D eigenvalue weighted by molar-refractivity contribution is 5.57. The molecular weight excluding hydrogens is 234 g/mol. The van der Waals surface area contributed by atoms with E-state index in [1.165, 1.54) is 5.56 Å². The summed E-state index contributed by atoms with van der Waals surface area (Å²) in [6.07, 6.45) is 1.02. The van der Waals surface area contributed by atoms with Crippen LogP contribution in [0.25, 0.3) is 0 Å². The monoisotopic (exact) mass is 255 g/mol. The van der Waals surface area contributed by atoms with Gasteiger partial charge in [-0.25, -0.2) is 0 Å². The van der Waals surface area contributed by atoms with E-state index in [1.54, 1.807) is 0 Å². The quantitative estimate of drug-likeness (QED) is 0.784. The molecular formula is C17H21NO. The van der Waals surface area contributed by atoms with Gasteiger partial charge in [-0.15, -0.1) is 0 Å². The van der Waals surface area contributed by atoms with Gasteiger partial charge in [-0.3, -0.25) is 0 Å². The molecule has 0 radical (unpaired) electrons. The standard InChI is InChI=1S/C17H21NO/c1-4-15(14-8-6-5-7-9-14)18-16-10-13(3)17(19)11-12(16)2/h5-11,15,18-19H,4H2,1-3H3. The molecule has 0 spiro atoms. The van der Waals surface area contributed by atoms with Crippen LogP contribution < -0.4 is 5.32 Å². The van der Waals surface area contributed by atoms with Gasteiger partial charge in [-0.2, -0.15) is 0 Å². The van der Waals surface area contributed by atoms with Crippen molar-refractivity contribution < 1.29 is 5.11 Å². The van der Waals surface area contributed by atoms with Crippen molar-refractivity contribution in [2.45, 2.75) is 33.2 Å². The van der Waals surface area contributed by atoms with E-state index in [1.807, 2.05) is 32.0 Å². The van der Waals surface area contributed by atoms with Crippen molar-refractivity contribution in [2.24, 2.45) is 0 Å². The maximum atomic E-state index is 9.71. The summed E-state index contributed by atoms with van der Waals surface area (Å²) in [6.45, 7) is 6.11. The maximum Gasteiger partial charge on any atom is 0.118 e. The van der Waals surface area contributed by atoms with Crippen LogP contribution in [-0.4, -0.2) is 5.11 Å². The van der Waals surface area contributed by atoms with Gasteiger partial charge in [0.25, 0.3) is 0 Å². The van der Waals surface area contributed by atoms with Crippen molar-refractivity contribution in [1.29, 1.82) is 0 Å². The zero-order valence-electron chi connectivity index (χ0n) is 11.8. The molecule has 1 atom stereocenters. The van der Waals surface area contributed by atoms with Gasteiger partial charge in [0.1, 0.15) is 5.75 Å². The van der Waals surface area contributed by atoms with Crippen LogP contribution in [0, 0.1) is 13.8 Å². The minimum atomic E-state index is 0.295. The van der Waals surface area contributed by atoms with Gasteiger partial charge >= 0.3 is 0 Å². The normalized spacial score (nSPS) is 12.2. The summed E-state index contributed by atoms with van der Waals surface area (Å²) in [4.78, 5) is 0. The molecule has 0 saturated carbocycles. The lowest BCUT2D eigenvalue weighted by Crippen LogP contribution is -2.10. The number of hydrogen-bond donors (Lipinski definition) is 2. The Balaban J connectivity index is 2.26. The van der Waals surface area contributed by atoms with Crippen molar-refractivity contribution in [3.05, 3.63) is 59.2 Å². The second kappa shape index (κ2) is 5.79. The molecule has 2 nitrogen and oxygen atoms in total. The largest absolute Gasteiger partial charge is 0.508 e. The number of hydrogen-bond acceptors (Lipinski definition) is 2. The van der Waals surface area contributed by atoms with Gasteiger partial charge in [0.05, 0.1) is 6.04 Å². The Hall–Kier alpha value is -1.96. The third-order valence-corrected chi connectivity index (χ3v) is 3.48. The Morgan fingerprint density at radius 3 is 2.37 bits per heavy atom. The molecule has 100 valence electrons. The van der Waals surface area contributed by atoms with E-state index in [4.69, 9.17) is 0 Å². The van der Waals surface area contributed by atoms with E-state index in [9.17, 15) is 5.11 Å². The number of phenolic OH excluding ortho intramolecular Hbond substituents is 1. The third kappa shape index (κ3) is 3.08. The zero-order valence-corrected chi connectivity index (χ0v) is 11.8. The Morgan fingerprint density at radius 2 is 1.74 bits per heavy atom. The van der Waals surface area contributed by atoms with Gasteiger partial charge < -0.3 is 10.4 Å². The average molecular weight is 255 g/mol. The molecule has 19 heavy (non-hydrogen) atoms. The maximum absolute atomic E-state index is 9.71. The first kappa shape index (κ1) is 13.5. The van der Waals surface area contributed by atoms with Gasteiger partial charge in [0, 0.05) is 5.69 Å². The molecule has 1 unspecified atom stereocenters. The smallest absolute Gasteiger partial charge is 0.118 e. The predicted octanol–water partition coefficient (Wildman–Crippen LogP) is 4.57. The van der Waals surface area contributed by atoms with Gasteiger partial charge in [0.2, 0.25) is 0 Å². The molecule has 0 fully saturated rings. The fourth-order valence-corrected chi connectivity index (χ4v) is 2.25. The number of nitrogens with one attached hydrogen (secondary N) is 1. The summed E-state index contributed by atoms with van der Waals surface area (Å²) in [5.41, 5.74) is 4.34. The molecule has 0 aliphatic carbocycles. The SMILES string of the molecule is CCC(Nc1cc(C)c(O)cc1C)c1ccccc1. The molecule has 2 aromatic carbocycles. The molecule has 0 aliphatic heterocycles. The van der Waals surface area contributed by atoms with E-state index in [-0.39, 0.29) is 0 Å². The van der Waals surface area contributed by atoms with Gasteiger partial charge in [-0.05, 0) is 49.1 Å². The number of aromatic hydroxyl groups is 1. The molecule has 0 aliphatic rings. The highest BCUT2D eigenvalue weighted by Crippen LogP contribution is 2.29. The van der Waals surface area contributed by atoms with E-state index in [0.717, 1.165) is 23.2 Å². The Morgan fingerprint density at radius 1 is 1.05 bits per heavy atom. The molecule has 2 rings (SSSR count). The number of rotatable bonds is 4. The van der Waals surface area contributed by atoms with Crippen LogP contribution in [0.3, 0.4) is 0 Å². The summed E-state index contributed by atoms with van der Waals surface area (Å²) in [7, 11) is 0. The highest BCUT2D eigenvalue weighted by atomic mass is 16.3. The van der Waals surface area contributed by atoms with E-state index < -0.39 is 0 Å². The molecule has 0 aromatic heterocycles. The van der Waals surface area contributed by atoms with Crippen LogP contribution in [0.1, 0.15) is 36.1 Å². The second-order valence-electron chi connectivity index (χ2n) is 4.97. The summed E-state index contributed by atoms with van der Waals surface area (Å²) < 4.78 is 0. The Kier molecular flexibility index (Phi) is 4.10.